The Hall–Kier alpha value is -2.36. The van der Waals surface area contributed by atoms with Crippen molar-refractivity contribution in [3.8, 4) is 5.75 Å². The van der Waals surface area contributed by atoms with Crippen molar-refractivity contribution in [2.24, 2.45) is 0 Å². The van der Waals surface area contributed by atoms with Gasteiger partial charge in [0.05, 0.1) is 7.11 Å². The summed E-state index contributed by atoms with van der Waals surface area (Å²) in [5.74, 6) is 0.550. The molecule has 0 saturated carbocycles. The maximum Gasteiger partial charge on any atom is 0.220 e. The Morgan fingerprint density at radius 1 is 1.13 bits per heavy atom. The number of carbonyl (C=O) groups excluding carboxylic acids is 1. The van der Waals surface area contributed by atoms with Crippen molar-refractivity contribution in [1.29, 1.82) is 0 Å². The third-order valence-electron chi connectivity index (χ3n) is 3.68. The molecule has 1 amide bonds. The number of hydrogen-bond acceptors (Lipinski definition) is 2. The van der Waals surface area contributed by atoms with Gasteiger partial charge in [-0.2, -0.15) is 0 Å². The van der Waals surface area contributed by atoms with E-state index in [9.17, 15) is 9.18 Å². The molecule has 1 N–H and O–H groups in total. The summed E-state index contributed by atoms with van der Waals surface area (Å²) in [4.78, 5) is 11.8. The lowest BCUT2D eigenvalue weighted by Gasteiger charge is -2.07. The average molecular weight is 315 g/mol. The van der Waals surface area contributed by atoms with E-state index in [2.05, 4.69) is 5.32 Å². The number of benzene rings is 2. The molecule has 0 aliphatic heterocycles. The van der Waals surface area contributed by atoms with Gasteiger partial charge in [-0.3, -0.25) is 4.79 Å². The lowest BCUT2D eigenvalue weighted by atomic mass is 10.1. The number of nitrogens with one attached hydrogen (secondary N) is 1. The largest absolute Gasteiger partial charge is 0.497 e. The van der Waals surface area contributed by atoms with Gasteiger partial charge >= 0.3 is 0 Å². The third kappa shape index (κ3) is 5.74. The first-order chi connectivity index (χ1) is 11.2. The molecular weight excluding hydrogens is 293 g/mol. The molecule has 0 saturated heterocycles. The Bertz CT molecular complexity index is 643. The lowest BCUT2D eigenvalue weighted by molar-refractivity contribution is -0.121. The number of methoxy groups -OCH3 is 1. The van der Waals surface area contributed by atoms with Crippen LogP contribution in [0, 0.1) is 5.82 Å². The summed E-state index contributed by atoms with van der Waals surface area (Å²) in [5.41, 5.74) is 1.77. The van der Waals surface area contributed by atoms with Gasteiger partial charge in [0.25, 0.3) is 0 Å². The molecule has 0 fully saturated rings. The Morgan fingerprint density at radius 2 is 1.96 bits per heavy atom. The molecule has 0 atom stereocenters. The summed E-state index contributed by atoms with van der Waals surface area (Å²) in [6, 6.07) is 14.5. The van der Waals surface area contributed by atoms with Gasteiger partial charge in [0.2, 0.25) is 5.91 Å². The SMILES string of the molecule is COc1cccc(CCCNC(=O)CCc2ccccc2F)c1. The molecule has 0 heterocycles. The fraction of sp³-hybridized carbons (Fsp3) is 0.316. The van der Waals surface area contributed by atoms with Crippen molar-refractivity contribution in [2.75, 3.05) is 13.7 Å². The van der Waals surface area contributed by atoms with Crippen LogP contribution in [0.3, 0.4) is 0 Å². The van der Waals surface area contributed by atoms with Crippen LogP contribution in [0.2, 0.25) is 0 Å². The van der Waals surface area contributed by atoms with E-state index in [0.717, 1.165) is 18.6 Å². The van der Waals surface area contributed by atoms with Gasteiger partial charge in [-0.15, -0.1) is 0 Å². The second-order valence-corrected chi connectivity index (χ2v) is 5.40. The number of hydrogen-bond donors (Lipinski definition) is 1. The Balaban J connectivity index is 1.66. The number of amides is 1. The average Bonchev–Trinajstić information content (AvgIpc) is 2.58. The van der Waals surface area contributed by atoms with E-state index < -0.39 is 0 Å². The number of halogens is 1. The minimum Gasteiger partial charge on any atom is -0.497 e. The summed E-state index contributed by atoms with van der Waals surface area (Å²) in [5, 5.41) is 2.88. The molecular formula is C19H22FNO2. The quantitative estimate of drug-likeness (QED) is 0.757. The maximum absolute atomic E-state index is 13.5. The number of ether oxygens (including phenoxy) is 1. The van der Waals surface area contributed by atoms with Crippen LogP contribution in [0.4, 0.5) is 4.39 Å². The highest BCUT2D eigenvalue weighted by Crippen LogP contribution is 2.13. The second-order valence-electron chi connectivity index (χ2n) is 5.40. The van der Waals surface area contributed by atoms with Crippen molar-refractivity contribution in [1.82, 2.24) is 5.32 Å². The van der Waals surface area contributed by atoms with E-state index in [1.54, 1.807) is 25.3 Å². The predicted molar refractivity (Wildman–Crippen MR) is 89.0 cm³/mol. The normalized spacial score (nSPS) is 10.3. The fourth-order valence-electron chi connectivity index (χ4n) is 2.39. The summed E-state index contributed by atoms with van der Waals surface area (Å²) < 4.78 is 18.6. The van der Waals surface area contributed by atoms with Crippen LogP contribution in [0.25, 0.3) is 0 Å². The van der Waals surface area contributed by atoms with E-state index in [1.165, 1.54) is 11.6 Å². The monoisotopic (exact) mass is 315 g/mol. The van der Waals surface area contributed by atoms with Gasteiger partial charge in [0.1, 0.15) is 11.6 Å². The van der Waals surface area contributed by atoms with Crippen molar-refractivity contribution in [2.45, 2.75) is 25.7 Å². The zero-order valence-corrected chi connectivity index (χ0v) is 13.3. The highest BCUT2D eigenvalue weighted by Gasteiger charge is 2.05. The molecule has 23 heavy (non-hydrogen) atoms. The molecule has 0 aliphatic rings. The second kappa shape index (κ2) is 8.93. The van der Waals surface area contributed by atoms with Crippen LogP contribution in [0.5, 0.6) is 5.75 Å². The van der Waals surface area contributed by atoms with Crippen LogP contribution >= 0.6 is 0 Å². The molecule has 0 aromatic heterocycles. The topological polar surface area (TPSA) is 38.3 Å². The Labute approximate surface area is 136 Å². The molecule has 0 bridgehead atoms. The van der Waals surface area contributed by atoms with Crippen LogP contribution in [0.15, 0.2) is 48.5 Å². The first-order valence-electron chi connectivity index (χ1n) is 7.82. The Kier molecular flexibility index (Phi) is 6.60. The van der Waals surface area contributed by atoms with Crippen molar-refractivity contribution in [3.63, 3.8) is 0 Å². The van der Waals surface area contributed by atoms with Crippen molar-refractivity contribution >= 4 is 5.91 Å². The van der Waals surface area contributed by atoms with Crippen LogP contribution < -0.4 is 10.1 Å². The third-order valence-corrected chi connectivity index (χ3v) is 3.68. The highest BCUT2D eigenvalue weighted by molar-refractivity contribution is 5.76. The summed E-state index contributed by atoms with van der Waals surface area (Å²) in [6.45, 7) is 0.618. The summed E-state index contributed by atoms with van der Waals surface area (Å²) in [6.07, 6.45) is 2.47. The standard InChI is InChI=1S/C19H22FNO2/c1-23-17-9-4-6-15(14-17)7-5-13-21-19(22)12-11-16-8-2-3-10-18(16)20/h2-4,6,8-10,14H,5,7,11-13H2,1H3,(H,21,22). The van der Waals surface area contributed by atoms with Crippen molar-refractivity contribution < 1.29 is 13.9 Å². The fourth-order valence-corrected chi connectivity index (χ4v) is 2.39. The van der Waals surface area contributed by atoms with Gasteiger partial charge in [-0.05, 0) is 48.6 Å². The Morgan fingerprint density at radius 3 is 2.74 bits per heavy atom. The molecule has 2 aromatic rings. The molecule has 0 radical (unpaired) electrons. The first-order valence-corrected chi connectivity index (χ1v) is 7.82. The predicted octanol–water partition coefficient (Wildman–Crippen LogP) is 3.52. The van der Waals surface area contributed by atoms with E-state index in [-0.39, 0.29) is 11.7 Å². The van der Waals surface area contributed by atoms with Crippen LogP contribution in [-0.2, 0) is 17.6 Å². The molecule has 2 aromatic carbocycles. The van der Waals surface area contributed by atoms with Gasteiger partial charge < -0.3 is 10.1 Å². The van der Waals surface area contributed by atoms with Crippen molar-refractivity contribution in [3.05, 3.63) is 65.5 Å². The molecule has 0 unspecified atom stereocenters. The van der Waals surface area contributed by atoms with Gasteiger partial charge in [-0.25, -0.2) is 4.39 Å². The van der Waals surface area contributed by atoms with Crippen LogP contribution in [-0.4, -0.2) is 19.6 Å². The zero-order valence-electron chi connectivity index (χ0n) is 13.3. The minimum absolute atomic E-state index is 0.0427. The van der Waals surface area contributed by atoms with E-state index in [4.69, 9.17) is 4.74 Å². The molecule has 122 valence electrons. The maximum atomic E-state index is 13.5. The number of rotatable bonds is 8. The summed E-state index contributed by atoms with van der Waals surface area (Å²) >= 11 is 0. The number of carbonyl (C=O) groups is 1. The zero-order chi connectivity index (χ0) is 16.5. The van der Waals surface area contributed by atoms with Gasteiger partial charge in [0, 0.05) is 13.0 Å². The number of aryl methyl sites for hydroxylation is 2. The van der Waals surface area contributed by atoms with E-state index in [1.807, 2.05) is 24.3 Å². The highest BCUT2D eigenvalue weighted by atomic mass is 19.1. The first kappa shape index (κ1) is 17.0. The van der Waals surface area contributed by atoms with E-state index >= 15 is 0 Å². The molecule has 3 nitrogen and oxygen atoms in total. The summed E-state index contributed by atoms with van der Waals surface area (Å²) in [7, 11) is 1.65. The van der Waals surface area contributed by atoms with Crippen LogP contribution in [0.1, 0.15) is 24.0 Å². The molecule has 0 aliphatic carbocycles. The molecule has 2 rings (SSSR count). The van der Waals surface area contributed by atoms with Gasteiger partial charge in [-0.1, -0.05) is 30.3 Å². The smallest absolute Gasteiger partial charge is 0.220 e. The minimum atomic E-state index is -0.252. The molecule has 4 heteroatoms. The molecule has 0 spiro atoms. The van der Waals surface area contributed by atoms with E-state index in [0.29, 0.717) is 24.9 Å². The lowest BCUT2D eigenvalue weighted by Crippen LogP contribution is -2.25. The van der Waals surface area contributed by atoms with Gasteiger partial charge in [0.15, 0.2) is 0 Å².